The molecule has 0 amide bonds. The molecule has 1 aliphatic carbocycles. The summed E-state index contributed by atoms with van der Waals surface area (Å²) in [7, 11) is 3.22. The Kier molecular flexibility index (Phi) is 3.60. The Hall–Kier alpha value is -1.91. The fourth-order valence-corrected chi connectivity index (χ4v) is 2.51. The first-order valence-electron chi connectivity index (χ1n) is 5.93. The molecule has 0 heterocycles. The number of fused-ring (bicyclic) bond motifs is 1. The van der Waals surface area contributed by atoms with Gasteiger partial charge < -0.3 is 20.4 Å². The highest BCUT2D eigenvalue weighted by atomic mass is 16.5. The molecule has 0 spiro atoms. The fourth-order valence-electron chi connectivity index (χ4n) is 2.51. The molecule has 0 fully saturated rings. The summed E-state index contributed by atoms with van der Waals surface area (Å²) in [4.78, 5) is 0. The molecule has 0 radical (unpaired) electrons. The molecule has 1 unspecified atom stereocenters. The van der Waals surface area contributed by atoms with Gasteiger partial charge in [0.05, 0.1) is 14.2 Å². The average Bonchev–Trinajstić information content (AvgIpc) is 2.44. The van der Waals surface area contributed by atoms with Crippen molar-refractivity contribution in [2.75, 3.05) is 14.2 Å². The summed E-state index contributed by atoms with van der Waals surface area (Å²) < 4.78 is 10.6. The Balaban J connectivity index is 2.50. The second-order valence-electron chi connectivity index (χ2n) is 4.38. The van der Waals surface area contributed by atoms with Gasteiger partial charge in [0.25, 0.3) is 0 Å². The van der Waals surface area contributed by atoms with E-state index in [-0.39, 0.29) is 11.8 Å². The van der Waals surface area contributed by atoms with Gasteiger partial charge in [-0.15, -0.1) is 0 Å². The summed E-state index contributed by atoms with van der Waals surface area (Å²) in [6, 6.07) is 3.90. The van der Waals surface area contributed by atoms with Gasteiger partial charge in [-0.25, -0.2) is 0 Å². The van der Waals surface area contributed by atoms with Crippen LogP contribution in [0.4, 0.5) is 0 Å². The molecule has 0 bridgehead atoms. The average molecular weight is 250 g/mol. The normalized spacial score (nSPS) is 19.2. The van der Waals surface area contributed by atoms with E-state index in [0.29, 0.717) is 5.75 Å². The van der Waals surface area contributed by atoms with Crippen LogP contribution >= 0.6 is 0 Å². The first-order chi connectivity index (χ1) is 8.71. The lowest BCUT2D eigenvalue weighted by molar-refractivity contribution is 0.315. The number of oxime groups is 1. The maximum atomic E-state index is 8.85. The Morgan fingerprint density at radius 2 is 2.00 bits per heavy atom. The molecule has 2 rings (SSSR count). The van der Waals surface area contributed by atoms with Crippen LogP contribution in [0.5, 0.6) is 11.5 Å². The zero-order chi connectivity index (χ0) is 13.1. The van der Waals surface area contributed by atoms with E-state index < -0.39 is 0 Å². The summed E-state index contributed by atoms with van der Waals surface area (Å²) in [6.45, 7) is 0. The maximum absolute atomic E-state index is 8.85. The predicted molar refractivity (Wildman–Crippen MR) is 68.6 cm³/mol. The second-order valence-corrected chi connectivity index (χ2v) is 4.38. The molecule has 18 heavy (non-hydrogen) atoms. The van der Waals surface area contributed by atoms with Gasteiger partial charge in [-0.1, -0.05) is 5.16 Å². The lowest BCUT2D eigenvalue weighted by Crippen LogP contribution is -2.25. The van der Waals surface area contributed by atoms with Crippen LogP contribution in [0.3, 0.4) is 0 Å². The minimum atomic E-state index is -0.0430. The van der Waals surface area contributed by atoms with Gasteiger partial charge in [0, 0.05) is 5.92 Å². The monoisotopic (exact) mass is 250 g/mol. The van der Waals surface area contributed by atoms with Crippen LogP contribution in [0.2, 0.25) is 0 Å². The predicted octanol–water partition coefficient (Wildman–Crippen LogP) is 1.87. The summed E-state index contributed by atoms with van der Waals surface area (Å²) in [5, 5.41) is 12.0. The number of amidine groups is 1. The maximum Gasteiger partial charge on any atom is 0.161 e. The third-order valence-electron chi connectivity index (χ3n) is 3.43. The van der Waals surface area contributed by atoms with E-state index in [4.69, 9.17) is 20.4 Å². The SMILES string of the molecule is COc1cc2c(cc1OC)C(C(N)=NO)CCC2. The van der Waals surface area contributed by atoms with E-state index in [1.165, 1.54) is 5.56 Å². The van der Waals surface area contributed by atoms with E-state index in [9.17, 15) is 0 Å². The zero-order valence-corrected chi connectivity index (χ0v) is 10.6. The molecule has 5 heteroatoms. The van der Waals surface area contributed by atoms with E-state index in [1.807, 2.05) is 12.1 Å². The largest absolute Gasteiger partial charge is 0.493 e. The van der Waals surface area contributed by atoms with Gasteiger partial charge in [0.2, 0.25) is 0 Å². The molecule has 98 valence electrons. The molecule has 1 aliphatic rings. The minimum absolute atomic E-state index is 0.0430. The molecule has 0 aromatic heterocycles. The third kappa shape index (κ3) is 2.08. The molecule has 0 saturated heterocycles. The number of aryl methyl sites for hydroxylation is 1. The van der Waals surface area contributed by atoms with Crippen molar-refractivity contribution in [1.29, 1.82) is 0 Å². The van der Waals surface area contributed by atoms with Gasteiger partial charge in [-0.05, 0) is 42.5 Å². The number of hydrogen-bond acceptors (Lipinski definition) is 4. The van der Waals surface area contributed by atoms with Crippen LogP contribution in [0.15, 0.2) is 17.3 Å². The molecule has 1 aromatic rings. The van der Waals surface area contributed by atoms with Crippen LogP contribution in [0, 0.1) is 0 Å². The Morgan fingerprint density at radius 1 is 1.33 bits per heavy atom. The Labute approximate surface area is 106 Å². The van der Waals surface area contributed by atoms with E-state index >= 15 is 0 Å². The highest BCUT2D eigenvalue weighted by molar-refractivity contribution is 5.87. The van der Waals surface area contributed by atoms with Crippen molar-refractivity contribution in [3.05, 3.63) is 23.3 Å². The minimum Gasteiger partial charge on any atom is -0.493 e. The smallest absolute Gasteiger partial charge is 0.161 e. The lowest BCUT2D eigenvalue weighted by atomic mass is 9.82. The summed E-state index contributed by atoms with van der Waals surface area (Å²) >= 11 is 0. The summed E-state index contributed by atoms with van der Waals surface area (Å²) in [6.07, 6.45) is 2.88. The molecular formula is C13H18N2O3. The van der Waals surface area contributed by atoms with Crippen LogP contribution < -0.4 is 15.2 Å². The molecule has 3 N–H and O–H groups in total. The van der Waals surface area contributed by atoms with Gasteiger partial charge in [0.15, 0.2) is 11.5 Å². The lowest BCUT2D eigenvalue weighted by Gasteiger charge is -2.25. The van der Waals surface area contributed by atoms with E-state index in [2.05, 4.69) is 5.16 Å². The second kappa shape index (κ2) is 5.16. The number of benzene rings is 1. The molecule has 5 nitrogen and oxygen atoms in total. The highest BCUT2D eigenvalue weighted by Gasteiger charge is 2.25. The van der Waals surface area contributed by atoms with Crippen molar-refractivity contribution in [3.8, 4) is 11.5 Å². The Bertz CT molecular complexity index is 472. The van der Waals surface area contributed by atoms with Crippen molar-refractivity contribution in [2.45, 2.75) is 25.2 Å². The van der Waals surface area contributed by atoms with Crippen molar-refractivity contribution in [1.82, 2.24) is 0 Å². The fraction of sp³-hybridized carbons (Fsp3) is 0.462. The topological polar surface area (TPSA) is 77.1 Å². The summed E-state index contributed by atoms with van der Waals surface area (Å²) in [5.41, 5.74) is 7.99. The summed E-state index contributed by atoms with van der Waals surface area (Å²) in [5.74, 6) is 1.60. The van der Waals surface area contributed by atoms with Crippen LogP contribution in [0.1, 0.15) is 29.9 Å². The van der Waals surface area contributed by atoms with Crippen LogP contribution in [-0.2, 0) is 6.42 Å². The number of nitrogens with two attached hydrogens (primary N) is 1. The van der Waals surface area contributed by atoms with E-state index in [1.54, 1.807) is 14.2 Å². The van der Waals surface area contributed by atoms with Gasteiger partial charge >= 0.3 is 0 Å². The van der Waals surface area contributed by atoms with Crippen molar-refractivity contribution in [2.24, 2.45) is 10.9 Å². The quantitative estimate of drug-likeness (QED) is 0.371. The van der Waals surface area contributed by atoms with Crippen LogP contribution in [0.25, 0.3) is 0 Å². The van der Waals surface area contributed by atoms with E-state index in [0.717, 1.165) is 30.6 Å². The van der Waals surface area contributed by atoms with Crippen molar-refractivity contribution < 1.29 is 14.7 Å². The molecule has 1 aromatic carbocycles. The zero-order valence-electron chi connectivity index (χ0n) is 10.6. The highest BCUT2D eigenvalue weighted by Crippen LogP contribution is 2.39. The van der Waals surface area contributed by atoms with Gasteiger partial charge in [-0.2, -0.15) is 0 Å². The standard InChI is InChI=1S/C13H18N2O3/c1-17-11-6-8-4-3-5-9(13(14)15-16)10(8)7-12(11)18-2/h6-7,9,16H,3-5H2,1-2H3,(H2,14,15). The number of hydrogen-bond donors (Lipinski definition) is 2. The molecule has 0 saturated carbocycles. The molecular weight excluding hydrogens is 232 g/mol. The molecule has 0 aliphatic heterocycles. The van der Waals surface area contributed by atoms with Crippen molar-refractivity contribution >= 4 is 5.84 Å². The number of ether oxygens (including phenoxy) is 2. The van der Waals surface area contributed by atoms with Crippen molar-refractivity contribution in [3.63, 3.8) is 0 Å². The van der Waals surface area contributed by atoms with Crippen LogP contribution in [-0.4, -0.2) is 25.3 Å². The first-order valence-corrected chi connectivity index (χ1v) is 5.93. The number of methoxy groups -OCH3 is 2. The Morgan fingerprint density at radius 3 is 2.61 bits per heavy atom. The van der Waals surface area contributed by atoms with Gasteiger partial charge in [0.1, 0.15) is 5.84 Å². The molecule has 1 atom stereocenters. The number of nitrogens with zero attached hydrogens (tertiary/aromatic N) is 1. The number of rotatable bonds is 3. The van der Waals surface area contributed by atoms with Gasteiger partial charge in [-0.3, -0.25) is 0 Å². The first kappa shape index (κ1) is 12.5. The third-order valence-corrected chi connectivity index (χ3v) is 3.43.